The molecule has 2 atom stereocenters. The molecule has 1 aromatic rings. The van der Waals surface area contributed by atoms with Gasteiger partial charge in [0, 0.05) is 19.4 Å². The summed E-state index contributed by atoms with van der Waals surface area (Å²) in [6.07, 6.45) is 6.26. The van der Waals surface area contributed by atoms with Gasteiger partial charge in [-0.3, -0.25) is 4.98 Å². The van der Waals surface area contributed by atoms with E-state index in [0.717, 1.165) is 37.0 Å². The van der Waals surface area contributed by atoms with Crippen LogP contribution in [0, 0.1) is 0 Å². The normalized spacial score (nSPS) is 24.2. The Morgan fingerprint density at radius 3 is 3.04 bits per heavy atom. The number of pyridine rings is 1. The third-order valence-corrected chi connectivity index (χ3v) is 4.68. The molecule has 0 saturated heterocycles. The first-order chi connectivity index (χ1) is 11.1. The van der Waals surface area contributed by atoms with Crippen LogP contribution in [0.15, 0.2) is 29.7 Å². The summed E-state index contributed by atoms with van der Waals surface area (Å²) in [6.45, 7) is -0.400. The lowest BCUT2D eigenvalue weighted by Crippen LogP contribution is -2.50. The highest BCUT2D eigenvalue weighted by atomic mass is 32.1. The zero-order valence-corrected chi connectivity index (χ0v) is 14.1. The van der Waals surface area contributed by atoms with Gasteiger partial charge in [0.2, 0.25) is 0 Å². The SMILES string of the molecule is CNC(=S)C1(c2cccnc2)CCCC/C1=N/OCC(O)CO. The van der Waals surface area contributed by atoms with E-state index in [1.54, 1.807) is 6.20 Å². The summed E-state index contributed by atoms with van der Waals surface area (Å²) in [5.41, 5.74) is 1.30. The lowest BCUT2D eigenvalue weighted by molar-refractivity contribution is 0.00755. The largest absolute Gasteiger partial charge is 0.394 e. The summed E-state index contributed by atoms with van der Waals surface area (Å²) in [4.78, 5) is 10.2. The average molecular weight is 337 g/mol. The molecule has 0 radical (unpaired) electrons. The van der Waals surface area contributed by atoms with E-state index in [0.29, 0.717) is 4.99 Å². The van der Waals surface area contributed by atoms with E-state index in [1.165, 1.54) is 0 Å². The Kier molecular flexibility index (Phi) is 6.44. The van der Waals surface area contributed by atoms with Crippen LogP contribution in [0.4, 0.5) is 0 Å². The second-order valence-corrected chi connectivity index (χ2v) is 6.01. The molecule has 1 aromatic heterocycles. The molecule has 0 bridgehead atoms. The Morgan fingerprint density at radius 2 is 2.39 bits per heavy atom. The number of likely N-dealkylation sites (N-methyl/N-ethyl adjacent to an activating group) is 1. The number of thiocarbonyl (C=S) groups is 1. The summed E-state index contributed by atoms with van der Waals surface area (Å²) in [7, 11) is 1.81. The van der Waals surface area contributed by atoms with E-state index in [4.69, 9.17) is 22.2 Å². The molecule has 1 fully saturated rings. The molecule has 1 heterocycles. The molecule has 1 aliphatic rings. The Morgan fingerprint density at radius 1 is 1.57 bits per heavy atom. The van der Waals surface area contributed by atoms with Gasteiger partial charge >= 0.3 is 0 Å². The molecule has 1 saturated carbocycles. The summed E-state index contributed by atoms with van der Waals surface area (Å²) < 4.78 is 0. The maximum absolute atomic E-state index is 9.40. The second kappa shape index (κ2) is 8.33. The Balaban J connectivity index is 2.36. The van der Waals surface area contributed by atoms with Crippen LogP contribution >= 0.6 is 12.2 Å². The van der Waals surface area contributed by atoms with E-state index < -0.39 is 11.5 Å². The smallest absolute Gasteiger partial charge is 0.145 e. The highest BCUT2D eigenvalue weighted by Gasteiger charge is 2.44. The van der Waals surface area contributed by atoms with Gasteiger partial charge < -0.3 is 20.4 Å². The molecule has 0 aromatic carbocycles. The van der Waals surface area contributed by atoms with Crippen molar-refractivity contribution in [3.05, 3.63) is 30.1 Å². The first kappa shape index (κ1) is 17.8. The summed E-state index contributed by atoms with van der Waals surface area (Å²) >= 11 is 5.61. The quantitative estimate of drug-likeness (QED) is 0.533. The topological polar surface area (TPSA) is 87.0 Å². The number of aromatic nitrogens is 1. The van der Waals surface area contributed by atoms with Crippen molar-refractivity contribution in [2.75, 3.05) is 20.3 Å². The Bertz CT molecular complexity index is 553. The molecule has 3 N–H and O–H groups in total. The lowest BCUT2D eigenvalue weighted by Gasteiger charge is -2.38. The van der Waals surface area contributed by atoms with Crippen molar-refractivity contribution >= 4 is 22.9 Å². The maximum atomic E-state index is 9.40. The summed E-state index contributed by atoms with van der Waals surface area (Å²) in [5, 5.41) is 25.6. The number of nitrogens with zero attached hydrogens (tertiary/aromatic N) is 2. The van der Waals surface area contributed by atoms with Crippen LogP contribution < -0.4 is 5.32 Å². The number of rotatable bonds is 6. The van der Waals surface area contributed by atoms with Crippen molar-refractivity contribution in [2.24, 2.45) is 5.16 Å². The highest BCUT2D eigenvalue weighted by molar-refractivity contribution is 7.80. The third kappa shape index (κ3) is 3.85. The predicted octanol–water partition coefficient (Wildman–Crippen LogP) is 1.17. The van der Waals surface area contributed by atoms with Gasteiger partial charge in [-0.15, -0.1) is 0 Å². The van der Waals surface area contributed by atoms with Crippen LogP contribution in [0.25, 0.3) is 0 Å². The number of aliphatic hydroxyl groups is 2. The molecule has 23 heavy (non-hydrogen) atoms. The van der Waals surface area contributed by atoms with Gasteiger partial charge in [-0.1, -0.05) is 29.9 Å². The van der Waals surface area contributed by atoms with Gasteiger partial charge in [0.25, 0.3) is 0 Å². The van der Waals surface area contributed by atoms with Crippen molar-refractivity contribution < 1.29 is 15.1 Å². The first-order valence-corrected chi connectivity index (χ1v) is 8.17. The fraction of sp³-hybridized carbons (Fsp3) is 0.562. The minimum atomic E-state index is -0.938. The van der Waals surface area contributed by atoms with Gasteiger partial charge in [-0.05, 0) is 30.9 Å². The van der Waals surface area contributed by atoms with Gasteiger partial charge in [0.15, 0.2) is 0 Å². The lowest BCUT2D eigenvalue weighted by atomic mass is 9.68. The molecule has 0 spiro atoms. The van der Waals surface area contributed by atoms with Crippen molar-refractivity contribution in [1.82, 2.24) is 10.3 Å². The van der Waals surface area contributed by atoms with Crippen LogP contribution in [-0.2, 0) is 10.3 Å². The van der Waals surface area contributed by atoms with Crippen LogP contribution in [0.2, 0.25) is 0 Å². The van der Waals surface area contributed by atoms with Crippen molar-refractivity contribution in [3.8, 4) is 0 Å². The minimum Gasteiger partial charge on any atom is -0.394 e. The fourth-order valence-electron chi connectivity index (χ4n) is 2.93. The molecular weight excluding hydrogens is 314 g/mol. The zero-order chi connectivity index (χ0) is 16.7. The van der Waals surface area contributed by atoms with Crippen LogP contribution in [0.5, 0.6) is 0 Å². The van der Waals surface area contributed by atoms with E-state index in [-0.39, 0.29) is 13.2 Å². The van der Waals surface area contributed by atoms with E-state index >= 15 is 0 Å². The predicted molar refractivity (Wildman–Crippen MR) is 92.5 cm³/mol. The van der Waals surface area contributed by atoms with Crippen LogP contribution in [0.1, 0.15) is 31.2 Å². The number of nitrogens with one attached hydrogen (secondary N) is 1. The first-order valence-electron chi connectivity index (χ1n) is 7.76. The van der Waals surface area contributed by atoms with Gasteiger partial charge in [0.1, 0.15) is 12.7 Å². The standard InChI is InChI=1S/C16H23N3O3S/c1-17-15(23)16(12-5-4-8-18-9-12)7-3-2-6-14(16)19-22-11-13(21)10-20/h4-5,8-9,13,20-21H,2-3,6-7,10-11H2,1H3,(H,17,23)/b19-14-. The molecule has 2 rings (SSSR count). The van der Waals surface area contributed by atoms with Crippen LogP contribution in [-0.4, -0.2) is 52.3 Å². The van der Waals surface area contributed by atoms with E-state index in [1.807, 2.05) is 25.4 Å². The van der Waals surface area contributed by atoms with E-state index in [9.17, 15) is 5.11 Å². The van der Waals surface area contributed by atoms with Crippen molar-refractivity contribution in [3.63, 3.8) is 0 Å². The molecule has 0 aliphatic heterocycles. The fourth-order valence-corrected chi connectivity index (χ4v) is 3.27. The molecular formula is C16H23N3O3S. The van der Waals surface area contributed by atoms with Gasteiger partial charge in [-0.25, -0.2) is 0 Å². The second-order valence-electron chi connectivity index (χ2n) is 5.60. The van der Waals surface area contributed by atoms with Gasteiger partial charge in [0.05, 0.1) is 22.7 Å². The molecule has 7 heteroatoms. The number of oxime groups is 1. The Labute approximate surface area is 141 Å². The van der Waals surface area contributed by atoms with E-state index in [2.05, 4.69) is 15.5 Å². The van der Waals surface area contributed by atoms with Gasteiger partial charge in [-0.2, -0.15) is 0 Å². The Hall–Kier alpha value is -1.57. The molecule has 126 valence electrons. The number of aliphatic hydroxyl groups excluding tert-OH is 2. The van der Waals surface area contributed by atoms with Crippen LogP contribution in [0.3, 0.4) is 0 Å². The third-order valence-electron chi connectivity index (χ3n) is 4.13. The zero-order valence-electron chi connectivity index (χ0n) is 13.2. The van der Waals surface area contributed by atoms with Crippen molar-refractivity contribution in [2.45, 2.75) is 37.2 Å². The average Bonchev–Trinajstić information content (AvgIpc) is 2.62. The maximum Gasteiger partial charge on any atom is 0.145 e. The summed E-state index contributed by atoms with van der Waals surface area (Å²) in [5.74, 6) is 0. The number of hydrogen-bond donors (Lipinski definition) is 3. The molecule has 6 nitrogen and oxygen atoms in total. The summed E-state index contributed by atoms with van der Waals surface area (Å²) in [6, 6.07) is 3.89. The molecule has 1 aliphatic carbocycles. The monoisotopic (exact) mass is 337 g/mol. The number of hydrogen-bond acceptors (Lipinski definition) is 6. The minimum absolute atomic E-state index is 0.0462. The molecule has 0 amide bonds. The highest BCUT2D eigenvalue weighted by Crippen LogP contribution is 2.38. The molecule has 2 unspecified atom stereocenters. The van der Waals surface area contributed by atoms with Crippen molar-refractivity contribution in [1.29, 1.82) is 0 Å².